The van der Waals surface area contributed by atoms with Crippen LogP contribution in [0.15, 0.2) is 42.5 Å². The summed E-state index contributed by atoms with van der Waals surface area (Å²) < 4.78 is 10.6. The van der Waals surface area contributed by atoms with Crippen LogP contribution < -0.4 is 19.7 Å². The largest absolute Gasteiger partial charge is 0.454 e. The molecule has 0 spiro atoms. The summed E-state index contributed by atoms with van der Waals surface area (Å²) in [5.41, 5.74) is 3.22. The molecule has 4 rings (SSSR count). The second kappa shape index (κ2) is 7.80. The van der Waals surface area contributed by atoms with Gasteiger partial charge in [0, 0.05) is 38.4 Å². The Morgan fingerprint density at radius 1 is 1.00 bits per heavy atom. The number of amides is 2. The predicted molar refractivity (Wildman–Crippen MR) is 104 cm³/mol. The van der Waals surface area contributed by atoms with E-state index in [1.807, 2.05) is 18.2 Å². The zero-order valence-corrected chi connectivity index (χ0v) is 15.8. The van der Waals surface area contributed by atoms with Gasteiger partial charge in [-0.15, -0.1) is 0 Å². The summed E-state index contributed by atoms with van der Waals surface area (Å²) in [7, 11) is 0. The summed E-state index contributed by atoms with van der Waals surface area (Å²) in [6, 6.07) is 13.8. The van der Waals surface area contributed by atoms with E-state index < -0.39 is 11.8 Å². The third kappa shape index (κ3) is 3.88. The number of nitrogens with zero attached hydrogens (tertiary/aromatic N) is 2. The van der Waals surface area contributed by atoms with E-state index >= 15 is 0 Å². The first-order valence-electron chi connectivity index (χ1n) is 9.37. The molecule has 2 heterocycles. The molecular weight excluding hydrogens is 358 g/mol. The topological polar surface area (TPSA) is 71.1 Å². The smallest absolute Gasteiger partial charge is 0.312 e. The van der Waals surface area contributed by atoms with E-state index in [0.717, 1.165) is 11.3 Å². The molecule has 2 aromatic carbocycles. The summed E-state index contributed by atoms with van der Waals surface area (Å²) in [6.45, 7) is 5.03. The molecule has 0 unspecified atom stereocenters. The highest BCUT2D eigenvalue weighted by atomic mass is 16.7. The van der Waals surface area contributed by atoms with Crippen LogP contribution in [-0.4, -0.2) is 49.7 Å². The maximum atomic E-state index is 12.5. The van der Waals surface area contributed by atoms with Gasteiger partial charge >= 0.3 is 11.8 Å². The number of hydrogen-bond donors (Lipinski definition) is 1. The van der Waals surface area contributed by atoms with Gasteiger partial charge in [0.1, 0.15) is 0 Å². The Morgan fingerprint density at radius 3 is 2.57 bits per heavy atom. The standard InChI is InChI=1S/C21H23N3O4/c1-15-3-2-4-17(11-15)23-7-9-24(10-8-23)21(26)20(25)22-13-16-5-6-18-19(12-16)28-14-27-18/h2-6,11-12H,7-10,13-14H2,1H3,(H,22,25). The number of rotatable bonds is 3. The summed E-state index contributed by atoms with van der Waals surface area (Å²) >= 11 is 0. The number of carbonyl (C=O) groups excluding carboxylic acids is 2. The molecule has 2 aliphatic heterocycles. The van der Waals surface area contributed by atoms with Crippen molar-refractivity contribution in [1.29, 1.82) is 0 Å². The van der Waals surface area contributed by atoms with Crippen molar-refractivity contribution >= 4 is 17.5 Å². The number of ether oxygens (including phenoxy) is 2. The minimum atomic E-state index is -0.582. The minimum Gasteiger partial charge on any atom is -0.454 e. The molecule has 146 valence electrons. The van der Waals surface area contributed by atoms with Crippen LogP contribution in [-0.2, 0) is 16.1 Å². The zero-order valence-electron chi connectivity index (χ0n) is 15.8. The van der Waals surface area contributed by atoms with E-state index in [-0.39, 0.29) is 13.3 Å². The number of benzene rings is 2. The van der Waals surface area contributed by atoms with Crippen LogP contribution in [0.25, 0.3) is 0 Å². The van der Waals surface area contributed by atoms with Crippen molar-refractivity contribution in [3.8, 4) is 11.5 Å². The van der Waals surface area contributed by atoms with E-state index in [0.29, 0.717) is 37.7 Å². The lowest BCUT2D eigenvalue weighted by Gasteiger charge is -2.35. The number of fused-ring (bicyclic) bond motifs is 1. The molecule has 0 atom stereocenters. The maximum absolute atomic E-state index is 12.5. The van der Waals surface area contributed by atoms with Gasteiger partial charge in [0.05, 0.1) is 0 Å². The number of nitrogens with one attached hydrogen (secondary N) is 1. The fourth-order valence-corrected chi connectivity index (χ4v) is 3.44. The van der Waals surface area contributed by atoms with E-state index in [4.69, 9.17) is 9.47 Å². The Morgan fingerprint density at radius 2 is 1.79 bits per heavy atom. The van der Waals surface area contributed by atoms with Crippen molar-refractivity contribution in [3.63, 3.8) is 0 Å². The van der Waals surface area contributed by atoms with Crippen molar-refractivity contribution < 1.29 is 19.1 Å². The highest BCUT2D eigenvalue weighted by molar-refractivity contribution is 6.35. The number of piperazine rings is 1. The van der Waals surface area contributed by atoms with E-state index in [1.54, 1.807) is 11.0 Å². The minimum absolute atomic E-state index is 0.207. The third-order valence-corrected chi connectivity index (χ3v) is 5.02. The van der Waals surface area contributed by atoms with Gasteiger partial charge in [-0.3, -0.25) is 9.59 Å². The maximum Gasteiger partial charge on any atom is 0.312 e. The summed E-state index contributed by atoms with van der Waals surface area (Å²) in [4.78, 5) is 28.6. The molecule has 1 saturated heterocycles. The first kappa shape index (κ1) is 18.2. The second-order valence-electron chi connectivity index (χ2n) is 6.99. The summed E-state index contributed by atoms with van der Waals surface area (Å²) in [5, 5.41) is 2.70. The molecule has 0 aliphatic carbocycles. The fourth-order valence-electron chi connectivity index (χ4n) is 3.44. The quantitative estimate of drug-likeness (QED) is 0.820. The van der Waals surface area contributed by atoms with Crippen molar-refractivity contribution in [3.05, 3.63) is 53.6 Å². The molecule has 7 nitrogen and oxygen atoms in total. The molecule has 0 saturated carbocycles. The molecule has 0 bridgehead atoms. The van der Waals surface area contributed by atoms with Gasteiger partial charge in [-0.1, -0.05) is 18.2 Å². The Labute approximate surface area is 163 Å². The van der Waals surface area contributed by atoms with Crippen LogP contribution in [0.4, 0.5) is 5.69 Å². The molecule has 1 fully saturated rings. The average molecular weight is 381 g/mol. The summed E-state index contributed by atoms with van der Waals surface area (Å²) in [5.74, 6) is 0.286. The monoisotopic (exact) mass is 381 g/mol. The highest BCUT2D eigenvalue weighted by Gasteiger charge is 2.26. The van der Waals surface area contributed by atoms with Gasteiger partial charge in [0.25, 0.3) is 0 Å². The number of aryl methyl sites for hydroxylation is 1. The van der Waals surface area contributed by atoms with Gasteiger partial charge in [-0.25, -0.2) is 0 Å². The lowest BCUT2D eigenvalue weighted by molar-refractivity contribution is -0.146. The SMILES string of the molecule is Cc1cccc(N2CCN(C(=O)C(=O)NCc3ccc4c(c3)OCO4)CC2)c1. The van der Waals surface area contributed by atoms with Crippen LogP contribution >= 0.6 is 0 Å². The van der Waals surface area contributed by atoms with Crippen LogP contribution in [0, 0.1) is 6.92 Å². The lowest BCUT2D eigenvalue weighted by atomic mass is 10.2. The molecule has 2 aliphatic rings. The molecular formula is C21H23N3O4. The van der Waals surface area contributed by atoms with Crippen LogP contribution in [0.1, 0.15) is 11.1 Å². The van der Waals surface area contributed by atoms with Gasteiger partial charge in [0.15, 0.2) is 11.5 Å². The Kier molecular flexibility index (Phi) is 5.06. The van der Waals surface area contributed by atoms with Crippen molar-refractivity contribution in [2.24, 2.45) is 0 Å². The van der Waals surface area contributed by atoms with Gasteiger partial charge in [0.2, 0.25) is 6.79 Å². The molecule has 28 heavy (non-hydrogen) atoms. The zero-order chi connectivity index (χ0) is 19.5. The Balaban J connectivity index is 1.28. The Bertz CT molecular complexity index is 891. The number of anilines is 1. The van der Waals surface area contributed by atoms with E-state index in [9.17, 15) is 9.59 Å². The number of carbonyl (C=O) groups is 2. The van der Waals surface area contributed by atoms with E-state index in [2.05, 4.69) is 35.3 Å². The van der Waals surface area contributed by atoms with Gasteiger partial charge < -0.3 is 24.6 Å². The van der Waals surface area contributed by atoms with Crippen molar-refractivity contribution in [2.75, 3.05) is 37.9 Å². The average Bonchev–Trinajstić information content (AvgIpc) is 3.19. The Hall–Kier alpha value is -3.22. The second-order valence-corrected chi connectivity index (χ2v) is 6.99. The molecule has 2 aromatic rings. The van der Waals surface area contributed by atoms with Crippen LogP contribution in [0.2, 0.25) is 0 Å². The molecule has 1 N–H and O–H groups in total. The van der Waals surface area contributed by atoms with Crippen molar-refractivity contribution in [1.82, 2.24) is 10.2 Å². The molecule has 0 radical (unpaired) electrons. The molecule has 2 amide bonds. The first-order chi connectivity index (χ1) is 13.6. The van der Waals surface area contributed by atoms with Crippen LogP contribution in [0.3, 0.4) is 0 Å². The highest BCUT2D eigenvalue weighted by Crippen LogP contribution is 2.32. The molecule has 0 aromatic heterocycles. The van der Waals surface area contributed by atoms with Crippen LogP contribution in [0.5, 0.6) is 11.5 Å². The predicted octanol–water partition coefficient (Wildman–Crippen LogP) is 1.69. The van der Waals surface area contributed by atoms with Gasteiger partial charge in [-0.05, 0) is 42.3 Å². The first-order valence-corrected chi connectivity index (χ1v) is 9.37. The lowest BCUT2D eigenvalue weighted by Crippen LogP contribution is -2.52. The normalized spacial score (nSPS) is 15.5. The summed E-state index contributed by atoms with van der Waals surface area (Å²) in [6.07, 6.45) is 0. The van der Waals surface area contributed by atoms with Crippen molar-refractivity contribution in [2.45, 2.75) is 13.5 Å². The van der Waals surface area contributed by atoms with E-state index in [1.165, 1.54) is 5.56 Å². The molecule has 7 heteroatoms. The fraction of sp³-hybridized carbons (Fsp3) is 0.333. The third-order valence-electron chi connectivity index (χ3n) is 5.02. The number of hydrogen-bond acceptors (Lipinski definition) is 5. The van der Waals surface area contributed by atoms with Gasteiger partial charge in [-0.2, -0.15) is 0 Å².